The van der Waals surface area contributed by atoms with Crippen LogP contribution in [0.2, 0.25) is 0 Å². The number of fused-ring (bicyclic) bond motifs is 2. The number of amides is 2. The maximum atomic E-state index is 11.8. The SMILES string of the molecule is CC(NC(=O)CN)C(=O)NCc1ccc2nc(N)[nH]c2c1.c1ccc2c(c1)CCC2. The number of aromatic amines is 1. The van der Waals surface area contributed by atoms with Crippen molar-refractivity contribution in [3.05, 3.63) is 59.2 Å². The van der Waals surface area contributed by atoms with E-state index in [-0.39, 0.29) is 18.4 Å². The van der Waals surface area contributed by atoms with Crippen molar-refractivity contribution in [2.75, 3.05) is 12.3 Å². The van der Waals surface area contributed by atoms with Crippen molar-refractivity contribution in [3.8, 4) is 0 Å². The van der Waals surface area contributed by atoms with E-state index >= 15 is 0 Å². The Bertz CT molecular complexity index is 1010. The minimum absolute atomic E-state index is 0.143. The molecule has 1 aromatic heterocycles. The van der Waals surface area contributed by atoms with Gasteiger partial charge >= 0.3 is 0 Å². The number of aromatic nitrogens is 2. The highest BCUT2D eigenvalue weighted by molar-refractivity contribution is 5.88. The number of nitrogens with zero attached hydrogens (tertiary/aromatic N) is 1. The summed E-state index contributed by atoms with van der Waals surface area (Å²) in [5.74, 6) is -0.294. The van der Waals surface area contributed by atoms with Crippen LogP contribution in [0.25, 0.3) is 11.0 Å². The number of H-pyrrole nitrogens is 1. The number of aryl methyl sites for hydroxylation is 2. The Balaban J connectivity index is 0.000000234. The number of benzene rings is 2. The zero-order chi connectivity index (χ0) is 21.5. The summed E-state index contributed by atoms with van der Waals surface area (Å²) in [6.07, 6.45) is 3.96. The monoisotopic (exact) mass is 408 g/mol. The molecular weight excluding hydrogens is 380 g/mol. The number of anilines is 1. The van der Waals surface area contributed by atoms with Gasteiger partial charge in [0, 0.05) is 6.54 Å². The first-order valence-corrected chi connectivity index (χ1v) is 10.0. The van der Waals surface area contributed by atoms with Crippen LogP contribution in [0.3, 0.4) is 0 Å². The third-order valence-corrected chi connectivity index (χ3v) is 5.00. The van der Waals surface area contributed by atoms with Gasteiger partial charge in [-0.1, -0.05) is 30.3 Å². The predicted octanol–water partition coefficient (Wildman–Crippen LogP) is 1.40. The fourth-order valence-corrected chi connectivity index (χ4v) is 3.41. The van der Waals surface area contributed by atoms with Crippen molar-refractivity contribution < 1.29 is 9.59 Å². The lowest BCUT2D eigenvalue weighted by atomic mass is 10.1. The molecule has 0 bridgehead atoms. The van der Waals surface area contributed by atoms with Gasteiger partial charge in [0.1, 0.15) is 6.04 Å². The molecule has 1 aliphatic carbocycles. The minimum Gasteiger partial charge on any atom is -0.369 e. The molecule has 2 aromatic carbocycles. The first kappa shape index (κ1) is 21.3. The van der Waals surface area contributed by atoms with Crippen molar-refractivity contribution >= 4 is 28.8 Å². The van der Waals surface area contributed by atoms with Crippen LogP contribution in [0.1, 0.15) is 30.0 Å². The number of nitrogen functional groups attached to an aromatic ring is 1. The zero-order valence-electron chi connectivity index (χ0n) is 17.1. The number of nitrogens with two attached hydrogens (primary N) is 2. The fraction of sp³-hybridized carbons (Fsp3) is 0.318. The minimum atomic E-state index is -0.632. The summed E-state index contributed by atoms with van der Waals surface area (Å²) in [6, 6.07) is 13.6. The Morgan fingerprint density at radius 1 is 1.17 bits per heavy atom. The molecule has 3 aromatic rings. The first-order chi connectivity index (χ1) is 14.5. The van der Waals surface area contributed by atoms with Crippen LogP contribution in [0.5, 0.6) is 0 Å². The average molecular weight is 409 g/mol. The highest BCUT2D eigenvalue weighted by atomic mass is 16.2. The largest absolute Gasteiger partial charge is 0.369 e. The highest BCUT2D eigenvalue weighted by Gasteiger charge is 2.14. The zero-order valence-corrected chi connectivity index (χ0v) is 17.1. The second-order valence-corrected chi connectivity index (χ2v) is 7.31. The summed E-state index contributed by atoms with van der Waals surface area (Å²) >= 11 is 0. The van der Waals surface area contributed by atoms with Gasteiger partial charge in [-0.15, -0.1) is 0 Å². The Morgan fingerprint density at radius 3 is 2.53 bits per heavy atom. The molecule has 158 valence electrons. The molecular formula is C22H28N6O2. The van der Waals surface area contributed by atoms with Crippen LogP contribution in [-0.2, 0) is 29.0 Å². The lowest BCUT2D eigenvalue weighted by Crippen LogP contribution is -2.46. The molecule has 1 aliphatic rings. The highest BCUT2D eigenvalue weighted by Crippen LogP contribution is 2.20. The topological polar surface area (TPSA) is 139 Å². The number of rotatable bonds is 5. The maximum absolute atomic E-state index is 11.8. The Labute approximate surface area is 175 Å². The molecule has 1 heterocycles. The molecule has 0 aliphatic heterocycles. The van der Waals surface area contributed by atoms with E-state index in [4.69, 9.17) is 11.5 Å². The third-order valence-electron chi connectivity index (χ3n) is 5.00. The van der Waals surface area contributed by atoms with Crippen LogP contribution < -0.4 is 22.1 Å². The van der Waals surface area contributed by atoms with Crippen molar-refractivity contribution in [2.24, 2.45) is 5.73 Å². The van der Waals surface area contributed by atoms with Crippen molar-refractivity contribution in [2.45, 2.75) is 38.8 Å². The molecule has 1 atom stereocenters. The van der Waals surface area contributed by atoms with Gasteiger partial charge in [0.25, 0.3) is 0 Å². The van der Waals surface area contributed by atoms with E-state index in [1.54, 1.807) is 18.1 Å². The van der Waals surface area contributed by atoms with E-state index in [1.807, 2.05) is 18.2 Å². The molecule has 0 fully saturated rings. The van der Waals surface area contributed by atoms with Crippen molar-refractivity contribution in [1.29, 1.82) is 0 Å². The Hall–Kier alpha value is -3.39. The van der Waals surface area contributed by atoms with Gasteiger partial charge in [0.2, 0.25) is 11.8 Å². The van der Waals surface area contributed by atoms with Gasteiger partial charge in [-0.05, 0) is 55.0 Å². The van der Waals surface area contributed by atoms with Crippen molar-refractivity contribution in [3.63, 3.8) is 0 Å². The smallest absolute Gasteiger partial charge is 0.242 e. The van der Waals surface area contributed by atoms with Crippen LogP contribution >= 0.6 is 0 Å². The quantitative estimate of drug-likeness (QED) is 0.434. The Morgan fingerprint density at radius 2 is 1.87 bits per heavy atom. The normalized spacial score (nSPS) is 13.1. The number of imidazole rings is 1. The number of hydrogen-bond acceptors (Lipinski definition) is 5. The summed E-state index contributed by atoms with van der Waals surface area (Å²) in [5, 5.41) is 5.23. The maximum Gasteiger partial charge on any atom is 0.242 e. The summed E-state index contributed by atoms with van der Waals surface area (Å²) < 4.78 is 0. The van der Waals surface area contributed by atoms with Gasteiger partial charge in [0.05, 0.1) is 17.6 Å². The molecule has 0 radical (unpaired) electrons. The number of nitrogens with one attached hydrogen (secondary N) is 3. The molecule has 8 nitrogen and oxygen atoms in total. The van der Waals surface area contributed by atoms with E-state index in [9.17, 15) is 9.59 Å². The molecule has 0 saturated heterocycles. The Kier molecular flexibility index (Phi) is 7.03. The molecule has 0 saturated carbocycles. The molecule has 4 rings (SSSR count). The average Bonchev–Trinajstić information content (AvgIpc) is 3.37. The van der Waals surface area contributed by atoms with Crippen LogP contribution in [0.4, 0.5) is 5.95 Å². The molecule has 0 spiro atoms. The molecule has 1 unspecified atom stereocenters. The van der Waals surface area contributed by atoms with Gasteiger partial charge in [-0.3, -0.25) is 9.59 Å². The van der Waals surface area contributed by atoms with E-state index in [2.05, 4.69) is 44.9 Å². The standard InChI is InChI=1S/C13H18N6O2.C9H10/c1-7(17-11(20)5-14)12(21)16-6-8-2-3-9-10(4-8)19-13(15)18-9;1-2-5-9-7-3-6-8(9)4-1/h2-4,7H,5-6,14H2,1H3,(H,16,21)(H,17,20)(H3,15,18,19);1-2,4-5H,3,6-7H2. The lowest BCUT2D eigenvalue weighted by Gasteiger charge is -2.13. The fourth-order valence-electron chi connectivity index (χ4n) is 3.41. The second kappa shape index (κ2) is 9.89. The van der Waals surface area contributed by atoms with Gasteiger partial charge < -0.3 is 27.1 Å². The lowest BCUT2D eigenvalue weighted by molar-refractivity contribution is -0.128. The van der Waals surface area contributed by atoms with Gasteiger partial charge in [0.15, 0.2) is 5.95 Å². The molecule has 30 heavy (non-hydrogen) atoms. The molecule has 7 N–H and O–H groups in total. The third kappa shape index (κ3) is 5.57. The van der Waals surface area contributed by atoms with Crippen LogP contribution in [-0.4, -0.2) is 34.4 Å². The predicted molar refractivity (Wildman–Crippen MR) is 117 cm³/mol. The van der Waals surface area contributed by atoms with Gasteiger partial charge in [-0.2, -0.15) is 0 Å². The van der Waals surface area contributed by atoms with Crippen molar-refractivity contribution in [1.82, 2.24) is 20.6 Å². The number of carbonyl (C=O) groups excluding carboxylic acids is 2. The number of carbonyl (C=O) groups is 2. The van der Waals surface area contributed by atoms with Gasteiger partial charge in [-0.25, -0.2) is 4.98 Å². The second-order valence-electron chi connectivity index (χ2n) is 7.31. The summed E-state index contributed by atoms with van der Waals surface area (Å²) in [4.78, 5) is 30.0. The first-order valence-electron chi connectivity index (χ1n) is 10.0. The summed E-state index contributed by atoms with van der Waals surface area (Å²) in [7, 11) is 0. The molecule has 2 amide bonds. The molecule has 8 heteroatoms. The summed E-state index contributed by atoms with van der Waals surface area (Å²) in [6.45, 7) is 1.80. The van der Waals surface area contributed by atoms with E-state index in [0.29, 0.717) is 12.5 Å². The van der Waals surface area contributed by atoms with E-state index in [0.717, 1.165) is 16.6 Å². The number of hydrogen-bond donors (Lipinski definition) is 5. The van der Waals surface area contributed by atoms with Crippen LogP contribution in [0.15, 0.2) is 42.5 Å². The van der Waals surface area contributed by atoms with E-state index < -0.39 is 6.04 Å². The van der Waals surface area contributed by atoms with E-state index in [1.165, 1.54) is 19.3 Å². The van der Waals surface area contributed by atoms with Crippen LogP contribution in [0, 0.1) is 0 Å². The summed E-state index contributed by atoms with van der Waals surface area (Å²) in [5.41, 5.74) is 16.4.